The highest BCUT2D eigenvalue weighted by molar-refractivity contribution is 7.98. The number of ether oxygens (including phenoxy) is 2. The van der Waals surface area contributed by atoms with Gasteiger partial charge < -0.3 is 26.3 Å². The molecule has 0 aromatic heterocycles. The van der Waals surface area contributed by atoms with Crippen molar-refractivity contribution in [1.82, 2.24) is 0 Å². The van der Waals surface area contributed by atoms with Crippen LogP contribution in [-0.4, -0.2) is 24.4 Å². The van der Waals surface area contributed by atoms with Crippen molar-refractivity contribution in [3.8, 4) is 11.5 Å². The zero-order valence-electron chi connectivity index (χ0n) is 19.3. The highest BCUT2D eigenvalue weighted by atomic mass is 32.2. The Kier molecular flexibility index (Phi) is 8.39. The highest BCUT2D eigenvalue weighted by Gasteiger charge is 2.36. The van der Waals surface area contributed by atoms with Crippen molar-refractivity contribution < 1.29 is 36.2 Å². The van der Waals surface area contributed by atoms with Crippen LogP contribution in [0, 0.1) is 11.6 Å². The molecular formula is C24H24F5N3O3S. The first-order chi connectivity index (χ1) is 16.9. The molecule has 1 aliphatic carbocycles. The van der Waals surface area contributed by atoms with Crippen molar-refractivity contribution in [1.29, 1.82) is 0 Å². The summed E-state index contributed by atoms with van der Waals surface area (Å²) in [4.78, 5) is 13.8. The number of rotatable bonds is 8. The van der Waals surface area contributed by atoms with Gasteiger partial charge in [-0.1, -0.05) is 6.07 Å². The number of anilines is 1. The lowest BCUT2D eigenvalue weighted by Gasteiger charge is -2.26. The minimum absolute atomic E-state index is 0.228. The maximum atomic E-state index is 14.7. The molecule has 0 bridgehead atoms. The second kappa shape index (κ2) is 11.1. The zero-order valence-corrected chi connectivity index (χ0v) is 20.2. The van der Waals surface area contributed by atoms with Crippen LogP contribution < -0.4 is 26.3 Å². The van der Waals surface area contributed by atoms with E-state index in [-0.39, 0.29) is 17.5 Å². The molecule has 3 rings (SSSR count). The molecule has 0 radical (unpaired) electrons. The molecule has 0 saturated heterocycles. The first-order valence-corrected chi connectivity index (χ1v) is 12.0. The summed E-state index contributed by atoms with van der Waals surface area (Å²) in [5.41, 5.74) is 8.14. The first-order valence-electron chi connectivity index (χ1n) is 10.7. The van der Waals surface area contributed by atoms with Crippen molar-refractivity contribution in [2.45, 2.75) is 43.4 Å². The SMILES string of the molecule is CSc1cccc(NC(=O)C(=C(/N)Oc2ccc(OC3CCC3)c(F)c2F)/C(C)=C(\N)C(F)(F)F)c1. The number of hydrogen-bond acceptors (Lipinski definition) is 6. The van der Waals surface area contributed by atoms with Crippen LogP contribution in [0.4, 0.5) is 27.6 Å². The van der Waals surface area contributed by atoms with Gasteiger partial charge in [0.15, 0.2) is 11.5 Å². The normalized spacial score (nSPS) is 15.4. The van der Waals surface area contributed by atoms with Crippen molar-refractivity contribution in [2.24, 2.45) is 11.5 Å². The molecule has 0 atom stereocenters. The smallest absolute Gasteiger partial charge is 0.431 e. The van der Waals surface area contributed by atoms with Crippen molar-refractivity contribution in [3.63, 3.8) is 0 Å². The van der Waals surface area contributed by atoms with Crippen LogP contribution in [0.2, 0.25) is 0 Å². The largest absolute Gasteiger partial charge is 0.487 e. The Morgan fingerprint density at radius 2 is 1.72 bits per heavy atom. The van der Waals surface area contributed by atoms with Crippen molar-refractivity contribution >= 4 is 23.4 Å². The Labute approximate surface area is 208 Å². The molecule has 1 aliphatic rings. The fourth-order valence-corrected chi connectivity index (χ4v) is 3.69. The van der Waals surface area contributed by atoms with E-state index in [1.54, 1.807) is 24.5 Å². The van der Waals surface area contributed by atoms with Crippen molar-refractivity contribution in [3.05, 3.63) is 70.8 Å². The highest BCUT2D eigenvalue weighted by Crippen LogP contribution is 2.33. The summed E-state index contributed by atoms with van der Waals surface area (Å²) in [7, 11) is 0. The molecule has 2 aromatic rings. The number of amides is 1. The Balaban J connectivity index is 1.99. The number of hydrogen-bond donors (Lipinski definition) is 3. The van der Waals surface area contributed by atoms with E-state index in [4.69, 9.17) is 20.9 Å². The number of alkyl halides is 3. The molecule has 0 unspecified atom stereocenters. The number of nitrogens with two attached hydrogens (primary N) is 2. The lowest BCUT2D eigenvalue weighted by Crippen LogP contribution is -2.28. The van der Waals surface area contributed by atoms with Gasteiger partial charge in [0.05, 0.1) is 6.10 Å². The molecule has 0 aliphatic heterocycles. The minimum atomic E-state index is -4.99. The quantitative estimate of drug-likeness (QED) is 0.135. The molecule has 36 heavy (non-hydrogen) atoms. The fraction of sp³-hybridized carbons (Fsp3) is 0.292. The summed E-state index contributed by atoms with van der Waals surface area (Å²) in [6, 6.07) is 8.59. The van der Waals surface area contributed by atoms with Crippen molar-refractivity contribution in [2.75, 3.05) is 11.6 Å². The predicted octanol–water partition coefficient (Wildman–Crippen LogP) is 5.60. The van der Waals surface area contributed by atoms with E-state index in [9.17, 15) is 26.7 Å². The Hall–Kier alpha value is -3.41. The van der Waals surface area contributed by atoms with E-state index in [0.717, 1.165) is 30.4 Å². The maximum absolute atomic E-state index is 14.7. The van der Waals surface area contributed by atoms with Crippen LogP contribution in [-0.2, 0) is 4.79 Å². The van der Waals surface area contributed by atoms with E-state index in [0.29, 0.717) is 12.8 Å². The molecule has 1 saturated carbocycles. The number of thioether (sulfide) groups is 1. The van der Waals surface area contributed by atoms with Gasteiger partial charge in [0.1, 0.15) is 11.3 Å². The topological polar surface area (TPSA) is 99.6 Å². The summed E-state index contributed by atoms with van der Waals surface area (Å²) in [5.74, 6) is -5.93. The molecule has 6 nitrogen and oxygen atoms in total. The molecule has 194 valence electrons. The van der Waals surface area contributed by atoms with Gasteiger partial charge >= 0.3 is 6.18 Å². The first kappa shape index (κ1) is 27.2. The van der Waals surface area contributed by atoms with Crippen LogP contribution in [0.1, 0.15) is 26.2 Å². The average molecular weight is 530 g/mol. The molecule has 1 fully saturated rings. The second-order valence-corrected chi connectivity index (χ2v) is 8.80. The molecule has 1 amide bonds. The number of halogens is 5. The number of benzene rings is 2. The third kappa shape index (κ3) is 6.23. The van der Waals surface area contributed by atoms with Gasteiger partial charge in [-0.2, -0.15) is 22.0 Å². The van der Waals surface area contributed by atoms with Crippen LogP contribution in [0.15, 0.2) is 64.0 Å². The van der Waals surface area contributed by atoms with Gasteiger partial charge in [0, 0.05) is 10.6 Å². The summed E-state index contributed by atoms with van der Waals surface area (Å²) in [6.07, 6.45) is -1.09. The Morgan fingerprint density at radius 1 is 1.08 bits per heavy atom. The molecule has 12 heteroatoms. The van der Waals surface area contributed by atoms with Gasteiger partial charge in [0.25, 0.3) is 5.91 Å². The molecule has 0 heterocycles. The number of nitrogens with one attached hydrogen (secondary N) is 1. The third-order valence-corrected chi connectivity index (χ3v) is 6.19. The van der Waals surface area contributed by atoms with E-state index in [1.165, 1.54) is 17.8 Å². The van der Waals surface area contributed by atoms with Crippen LogP contribution in [0.25, 0.3) is 0 Å². The molecule has 5 N–H and O–H groups in total. The summed E-state index contributed by atoms with van der Waals surface area (Å²) >= 11 is 1.38. The average Bonchev–Trinajstić information content (AvgIpc) is 2.79. The van der Waals surface area contributed by atoms with Crippen LogP contribution in [0.3, 0.4) is 0 Å². The molecule has 0 spiro atoms. The van der Waals surface area contributed by atoms with E-state index in [1.807, 2.05) is 0 Å². The van der Waals surface area contributed by atoms with Gasteiger partial charge in [0.2, 0.25) is 17.5 Å². The van der Waals surface area contributed by atoms with Gasteiger partial charge in [-0.25, -0.2) is 0 Å². The standard InChI is InChI=1S/C24H24F5N3O3S/c1-12(21(30)24(27,28)29)18(23(33)32-13-5-3-8-15(11-13)36-2)22(31)35-17-10-9-16(19(25)20(17)26)34-14-6-4-7-14/h3,5,8-11,14H,4,6-7,30-31H2,1-2H3,(H,32,33)/b21-12-,22-18-. The monoisotopic (exact) mass is 529 g/mol. The Bertz CT molecular complexity index is 1210. The van der Waals surface area contributed by atoms with Gasteiger partial charge in [-0.05, 0) is 68.3 Å². The van der Waals surface area contributed by atoms with E-state index < -0.39 is 52.2 Å². The third-order valence-electron chi connectivity index (χ3n) is 5.46. The number of carbonyl (C=O) groups excluding carboxylic acids is 1. The van der Waals surface area contributed by atoms with E-state index >= 15 is 0 Å². The fourth-order valence-electron chi connectivity index (χ4n) is 3.23. The summed E-state index contributed by atoms with van der Waals surface area (Å²) < 4.78 is 79.6. The lowest BCUT2D eigenvalue weighted by atomic mass is 9.96. The second-order valence-electron chi connectivity index (χ2n) is 7.92. The minimum Gasteiger partial charge on any atom is -0.487 e. The zero-order chi connectivity index (χ0) is 26.6. The lowest BCUT2D eigenvalue weighted by molar-refractivity contribution is -0.112. The van der Waals surface area contributed by atoms with E-state index in [2.05, 4.69) is 5.32 Å². The number of allylic oxidation sites excluding steroid dienone is 1. The summed E-state index contributed by atoms with van der Waals surface area (Å²) in [5, 5.41) is 2.43. The van der Waals surface area contributed by atoms with Crippen LogP contribution in [0.5, 0.6) is 11.5 Å². The Morgan fingerprint density at radius 3 is 2.31 bits per heavy atom. The predicted molar refractivity (Wildman–Crippen MR) is 126 cm³/mol. The van der Waals surface area contributed by atoms with Gasteiger partial charge in [-0.15, -0.1) is 11.8 Å². The maximum Gasteiger partial charge on any atom is 0.431 e. The number of carbonyl (C=O) groups is 1. The summed E-state index contributed by atoms with van der Waals surface area (Å²) in [6.45, 7) is 0.915. The molecular weight excluding hydrogens is 505 g/mol. The molecule has 2 aromatic carbocycles. The van der Waals surface area contributed by atoms with Crippen LogP contribution >= 0.6 is 11.8 Å². The van der Waals surface area contributed by atoms with Gasteiger partial charge in [-0.3, -0.25) is 4.79 Å².